The number of β-amino-alcohol motifs (C(OH)–C–C–N with tert-alkyl or cyclic N) is 2. The van der Waals surface area contributed by atoms with E-state index in [4.69, 9.17) is 0 Å². The molecule has 0 aliphatic carbocycles. The molecule has 1 fully saturated rings. The number of nitrogens with zero attached hydrogens (tertiary/aromatic N) is 3. The normalized spacial score (nSPS) is 26.0. The number of anilines is 1. The Bertz CT molecular complexity index is 364. The molecule has 0 bridgehead atoms. The molecule has 1 aromatic rings. The van der Waals surface area contributed by atoms with Crippen LogP contribution in [0.3, 0.4) is 0 Å². The third-order valence-corrected chi connectivity index (χ3v) is 3.23. The Hall–Kier alpha value is -0.720. The molecule has 1 aromatic heterocycles. The SMILES string of the molecule is Cc1nc(N2CC(O)C(O)C2)ncc1Br. The van der Waals surface area contributed by atoms with Crippen LogP contribution in [0, 0.1) is 6.92 Å². The molecule has 0 amide bonds. The first-order valence-electron chi connectivity index (χ1n) is 4.68. The zero-order chi connectivity index (χ0) is 11.0. The van der Waals surface area contributed by atoms with Crippen LogP contribution in [0.5, 0.6) is 0 Å². The molecule has 2 heterocycles. The summed E-state index contributed by atoms with van der Waals surface area (Å²) < 4.78 is 0.853. The third kappa shape index (κ3) is 2.11. The van der Waals surface area contributed by atoms with Crippen LogP contribution in [0.2, 0.25) is 0 Å². The van der Waals surface area contributed by atoms with Crippen molar-refractivity contribution >= 4 is 21.9 Å². The van der Waals surface area contributed by atoms with Gasteiger partial charge in [-0.1, -0.05) is 0 Å². The maximum absolute atomic E-state index is 9.40. The molecule has 0 saturated carbocycles. The fourth-order valence-electron chi connectivity index (χ4n) is 1.53. The highest BCUT2D eigenvalue weighted by molar-refractivity contribution is 9.10. The second kappa shape index (κ2) is 4.03. The van der Waals surface area contributed by atoms with Gasteiger partial charge in [0.1, 0.15) is 0 Å². The fourth-order valence-corrected chi connectivity index (χ4v) is 1.72. The van der Waals surface area contributed by atoms with E-state index in [9.17, 15) is 10.2 Å². The Morgan fingerprint density at radius 1 is 1.40 bits per heavy atom. The lowest BCUT2D eigenvalue weighted by molar-refractivity contribution is 0.0572. The molecule has 0 radical (unpaired) electrons. The molecule has 2 rings (SSSR count). The van der Waals surface area contributed by atoms with Crippen molar-refractivity contribution in [2.75, 3.05) is 18.0 Å². The number of hydrogen-bond donors (Lipinski definition) is 2. The minimum Gasteiger partial charge on any atom is -0.388 e. The second-order valence-corrected chi connectivity index (χ2v) is 4.50. The van der Waals surface area contributed by atoms with Crippen molar-refractivity contribution in [3.05, 3.63) is 16.4 Å². The summed E-state index contributed by atoms with van der Waals surface area (Å²) in [6.45, 7) is 2.63. The molecule has 2 unspecified atom stereocenters. The number of hydrogen-bond acceptors (Lipinski definition) is 5. The molecule has 6 heteroatoms. The summed E-state index contributed by atoms with van der Waals surface area (Å²) >= 11 is 3.32. The van der Waals surface area contributed by atoms with E-state index < -0.39 is 12.2 Å². The molecule has 2 atom stereocenters. The molecule has 0 spiro atoms. The topological polar surface area (TPSA) is 69.5 Å². The smallest absolute Gasteiger partial charge is 0.225 e. The molecule has 5 nitrogen and oxygen atoms in total. The molecular weight excluding hydrogens is 262 g/mol. The van der Waals surface area contributed by atoms with Crippen molar-refractivity contribution in [3.8, 4) is 0 Å². The second-order valence-electron chi connectivity index (χ2n) is 3.64. The van der Waals surface area contributed by atoms with E-state index in [0.29, 0.717) is 19.0 Å². The number of halogens is 1. The first kappa shape index (κ1) is 10.8. The largest absolute Gasteiger partial charge is 0.388 e. The Balaban J connectivity index is 2.20. The van der Waals surface area contributed by atoms with Crippen molar-refractivity contribution < 1.29 is 10.2 Å². The van der Waals surface area contributed by atoms with Crippen LogP contribution in [0.15, 0.2) is 10.7 Å². The lowest BCUT2D eigenvalue weighted by atomic mass is 10.3. The van der Waals surface area contributed by atoms with E-state index in [1.54, 1.807) is 11.1 Å². The van der Waals surface area contributed by atoms with E-state index in [0.717, 1.165) is 10.2 Å². The van der Waals surface area contributed by atoms with Crippen LogP contribution in [0.1, 0.15) is 5.69 Å². The lowest BCUT2D eigenvalue weighted by Crippen LogP contribution is -2.23. The molecule has 1 saturated heterocycles. The highest BCUT2D eigenvalue weighted by Gasteiger charge is 2.31. The van der Waals surface area contributed by atoms with Gasteiger partial charge in [-0.3, -0.25) is 0 Å². The van der Waals surface area contributed by atoms with Crippen LogP contribution in [-0.2, 0) is 0 Å². The predicted molar refractivity (Wildman–Crippen MR) is 58.7 cm³/mol. The zero-order valence-electron chi connectivity index (χ0n) is 8.26. The standard InChI is InChI=1S/C9H12BrN3O2/c1-5-6(10)2-11-9(12-5)13-3-7(14)8(15)4-13/h2,7-8,14-15H,3-4H2,1H3. The van der Waals surface area contributed by atoms with Crippen LogP contribution < -0.4 is 4.90 Å². The number of aryl methyl sites for hydroxylation is 1. The maximum atomic E-state index is 9.40. The van der Waals surface area contributed by atoms with Crippen molar-refractivity contribution in [1.82, 2.24) is 9.97 Å². The summed E-state index contributed by atoms with van der Waals surface area (Å²) in [6.07, 6.45) is 0.254. The number of aromatic nitrogens is 2. The summed E-state index contributed by atoms with van der Waals surface area (Å²) in [5.74, 6) is 0.548. The van der Waals surface area contributed by atoms with Gasteiger partial charge >= 0.3 is 0 Å². The summed E-state index contributed by atoms with van der Waals surface area (Å²) in [7, 11) is 0. The first-order valence-corrected chi connectivity index (χ1v) is 5.47. The predicted octanol–water partition coefficient (Wildman–Crippen LogP) is 0.0893. The minimum atomic E-state index is -0.711. The third-order valence-electron chi connectivity index (χ3n) is 2.45. The van der Waals surface area contributed by atoms with Crippen LogP contribution >= 0.6 is 15.9 Å². The maximum Gasteiger partial charge on any atom is 0.225 e. The van der Waals surface area contributed by atoms with Gasteiger partial charge in [-0.25, -0.2) is 9.97 Å². The van der Waals surface area contributed by atoms with E-state index in [2.05, 4.69) is 25.9 Å². The summed E-state index contributed by atoms with van der Waals surface area (Å²) in [5.41, 5.74) is 0.843. The number of aliphatic hydroxyl groups excluding tert-OH is 2. The Labute approximate surface area is 95.9 Å². The molecule has 15 heavy (non-hydrogen) atoms. The van der Waals surface area contributed by atoms with Gasteiger partial charge in [0.2, 0.25) is 5.95 Å². The van der Waals surface area contributed by atoms with Gasteiger partial charge in [-0.15, -0.1) is 0 Å². The fraction of sp³-hybridized carbons (Fsp3) is 0.556. The van der Waals surface area contributed by atoms with E-state index in [1.807, 2.05) is 6.92 Å². The Morgan fingerprint density at radius 2 is 2.00 bits per heavy atom. The van der Waals surface area contributed by atoms with Crippen LogP contribution in [0.4, 0.5) is 5.95 Å². The van der Waals surface area contributed by atoms with Crippen molar-refractivity contribution in [1.29, 1.82) is 0 Å². The summed E-state index contributed by atoms with van der Waals surface area (Å²) in [5, 5.41) is 18.8. The molecule has 0 aromatic carbocycles. The molecule has 1 aliphatic rings. The van der Waals surface area contributed by atoms with Gasteiger partial charge in [-0.2, -0.15) is 0 Å². The average molecular weight is 274 g/mol. The van der Waals surface area contributed by atoms with Gasteiger partial charge in [-0.05, 0) is 22.9 Å². The van der Waals surface area contributed by atoms with Gasteiger partial charge < -0.3 is 15.1 Å². The van der Waals surface area contributed by atoms with Crippen molar-refractivity contribution in [2.45, 2.75) is 19.1 Å². The van der Waals surface area contributed by atoms with Gasteiger partial charge in [0.15, 0.2) is 0 Å². The Morgan fingerprint density at radius 3 is 2.53 bits per heavy atom. The summed E-state index contributed by atoms with van der Waals surface area (Å²) in [6, 6.07) is 0. The Kier molecular flexibility index (Phi) is 2.90. The average Bonchev–Trinajstić information content (AvgIpc) is 2.52. The first-order chi connectivity index (χ1) is 7.08. The van der Waals surface area contributed by atoms with E-state index in [1.165, 1.54) is 0 Å². The monoisotopic (exact) mass is 273 g/mol. The molecule has 82 valence electrons. The number of rotatable bonds is 1. The van der Waals surface area contributed by atoms with E-state index >= 15 is 0 Å². The zero-order valence-corrected chi connectivity index (χ0v) is 9.85. The van der Waals surface area contributed by atoms with Gasteiger partial charge in [0.05, 0.1) is 22.4 Å². The number of aliphatic hydroxyl groups is 2. The highest BCUT2D eigenvalue weighted by atomic mass is 79.9. The van der Waals surface area contributed by atoms with E-state index in [-0.39, 0.29) is 0 Å². The molecule has 2 N–H and O–H groups in total. The van der Waals surface area contributed by atoms with Crippen molar-refractivity contribution in [3.63, 3.8) is 0 Å². The highest BCUT2D eigenvalue weighted by Crippen LogP contribution is 2.19. The van der Waals surface area contributed by atoms with Crippen molar-refractivity contribution in [2.24, 2.45) is 0 Å². The van der Waals surface area contributed by atoms with Gasteiger partial charge in [0.25, 0.3) is 0 Å². The van der Waals surface area contributed by atoms with Gasteiger partial charge in [0, 0.05) is 19.3 Å². The quantitative estimate of drug-likeness (QED) is 0.759. The summed E-state index contributed by atoms with van der Waals surface area (Å²) in [4.78, 5) is 10.2. The van der Waals surface area contributed by atoms with Crippen LogP contribution in [-0.4, -0.2) is 45.5 Å². The van der Waals surface area contributed by atoms with Crippen LogP contribution in [0.25, 0.3) is 0 Å². The minimum absolute atomic E-state index is 0.377. The molecular formula is C9H12BrN3O2. The molecule has 1 aliphatic heterocycles. The lowest BCUT2D eigenvalue weighted by Gasteiger charge is -2.15.